The molecule has 0 aliphatic rings. The summed E-state index contributed by atoms with van der Waals surface area (Å²) in [6.07, 6.45) is 0.0314. The van der Waals surface area contributed by atoms with Crippen molar-refractivity contribution in [3.63, 3.8) is 0 Å². The first-order valence-corrected chi connectivity index (χ1v) is 7.99. The van der Waals surface area contributed by atoms with Gasteiger partial charge in [0.05, 0.1) is 12.0 Å². The van der Waals surface area contributed by atoms with Crippen LogP contribution in [0.5, 0.6) is 0 Å². The molecule has 3 heteroatoms. The largest absolute Gasteiger partial charge is 0.347 e. The quantitative estimate of drug-likeness (QED) is 0.749. The summed E-state index contributed by atoms with van der Waals surface area (Å²) in [7, 11) is 0. The summed E-state index contributed by atoms with van der Waals surface area (Å²) in [5, 5.41) is 5.30. The summed E-state index contributed by atoms with van der Waals surface area (Å²) in [6.45, 7) is 3.91. The summed E-state index contributed by atoms with van der Waals surface area (Å²) in [4.78, 5) is 12.3. The number of nitrogens with one attached hydrogen (secondary N) is 1. The minimum absolute atomic E-state index is 0.0314. The van der Waals surface area contributed by atoms with E-state index in [4.69, 9.17) is 0 Å². The molecule has 3 aromatic rings. The second kappa shape index (κ2) is 6.44. The van der Waals surface area contributed by atoms with Crippen molar-refractivity contribution in [3.8, 4) is 0 Å². The molecule has 0 bridgehead atoms. The molecule has 0 atom stereocenters. The SMILES string of the molecule is CC(C)(NC(=O)Cc1ccccc1F)c1ccc2ccccc2c1. The summed E-state index contributed by atoms with van der Waals surface area (Å²) >= 11 is 0. The standard InChI is InChI=1S/C21H20FNO/c1-21(2,18-12-11-15-7-3-4-8-16(15)13-18)23-20(24)14-17-9-5-6-10-19(17)22/h3-13H,14H2,1-2H3,(H,23,24). The molecule has 3 rings (SSSR count). The molecule has 1 amide bonds. The van der Waals surface area contributed by atoms with Crippen molar-refractivity contribution >= 4 is 16.7 Å². The molecule has 0 aliphatic heterocycles. The lowest BCUT2D eigenvalue weighted by Gasteiger charge is -2.27. The van der Waals surface area contributed by atoms with Gasteiger partial charge in [0, 0.05) is 0 Å². The van der Waals surface area contributed by atoms with Crippen LogP contribution in [0.3, 0.4) is 0 Å². The van der Waals surface area contributed by atoms with Gasteiger partial charge < -0.3 is 5.32 Å². The number of hydrogen-bond acceptors (Lipinski definition) is 1. The van der Waals surface area contributed by atoms with Crippen molar-refractivity contribution in [1.82, 2.24) is 5.32 Å². The number of fused-ring (bicyclic) bond motifs is 1. The number of amides is 1. The fourth-order valence-corrected chi connectivity index (χ4v) is 2.86. The summed E-state index contributed by atoms with van der Waals surface area (Å²) in [6, 6.07) is 20.6. The van der Waals surface area contributed by atoms with E-state index in [1.807, 2.05) is 32.0 Å². The first-order chi connectivity index (χ1) is 11.5. The zero-order valence-corrected chi connectivity index (χ0v) is 13.8. The molecule has 0 spiro atoms. The van der Waals surface area contributed by atoms with Crippen molar-refractivity contribution in [1.29, 1.82) is 0 Å². The van der Waals surface area contributed by atoms with Crippen molar-refractivity contribution < 1.29 is 9.18 Å². The van der Waals surface area contributed by atoms with Crippen LogP contribution in [0, 0.1) is 5.82 Å². The molecule has 0 saturated carbocycles. The average molecular weight is 321 g/mol. The summed E-state index contributed by atoms with van der Waals surface area (Å²) in [5.41, 5.74) is 0.888. The third kappa shape index (κ3) is 3.46. The van der Waals surface area contributed by atoms with E-state index in [-0.39, 0.29) is 18.1 Å². The highest BCUT2D eigenvalue weighted by Crippen LogP contribution is 2.25. The van der Waals surface area contributed by atoms with Crippen LogP contribution < -0.4 is 5.32 Å². The maximum absolute atomic E-state index is 13.7. The molecule has 0 fully saturated rings. The molecular weight excluding hydrogens is 301 g/mol. The Bertz CT molecular complexity index is 886. The molecule has 24 heavy (non-hydrogen) atoms. The van der Waals surface area contributed by atoms with E-state index >= 15 is 0 Å². The number of carbonyl (C=O) groups excluding carboxylic acids is 1. The topological polar surface area (TPSA) is 29.1 Å². The lowest BCUT2D eigenvalue weighted by Crippen LogP contribution is -2.41. The van der Waals surface area contributed by atoms with Gasteiger partial charge in [-0.15, -0.1) is 0 Å². The smallest absolute Gasteiger partial charge is 0.225 e. The first-order valence-electron chi connectivity index (χ1n) is 7.99. The monoisotopic (exact) mass is 321 g/mol. The van der Waals surface area contributed by atoms with Crippen LogP contribution in [0.4, 0.5) is 4.39 Å². The number of benzene rings is 3. The van der Waals surface area contributed by atoms with E-state index in [2.05, 4.69) is 29.6 Å². The van der Waals surface area contributed by atoms with Crippen LogP contribution in [0.1, 0.15) is 25.0 Å². The number of rotatable bonds is 4. The highest BCUT2D eigenvalue weighted by Gasteiger charge is 2.23. The number of hydrogen-bond donors (Lipinski definition) is 1. The normalized spacial score (nSPS) is 11.5. The first kappa shape index (κ1) is 16.2. The van der Waals surface area contributed by atoms with Crippen LogP contribution in [0.2, 0.25) is 0 Å². The Balaban J connectivity index is 1.79. The van der Waals surface area contributed by atoms with Gasteiger partial charge >= 0.3 is 0 Å². The molecular formula is C21H20FNO. The van der Waals surface area contributed by atoms with E-state index in [9.17, 15) is 9.18 Å². The molecule has 0 unspecified atom stereocenters. The van der Waals surface area contributed by atoms with E-state index in [0.29, 0.717) is 5.56 Å². The van der Waals surface area contributed by atoms with Gasteiger partial charge in [0.2, 0.25) is 5.91 Å². The van der Waals surface area contributed by atoms with Gasteiger partial charge in [-0.2, -0.15) is 0 Å². The van der Waals surface area contributed by atoms with Gasteiger partial charge in [-0.3, -0.25) is 4.79 Å². The van der Waals surface area contributed by atoms with Crippen LogP contribution in [0.15, 0.2) is 66.7 Å². The lowest BCUT2D eigenvalue weighted by molar-refractivity contribution is -0.122. The predicted molar refractivity (Wildman–Crippen MR) is 95.2 cm³/mol. The highest BCUT2D eigenvalue weighted by atomic mass is 19.1. The van der Waals surface area contributed by atoms with Gasteiger partial charge in [-0.1, -0.05) is 54.6 Å². The maximum Gasteiger partial charge on any atom is 0.225 e. The molecule has 3 aromatic carbocycles. The van der Waals surface area contributed by atoms with E-state index in [1.54, 1.807) is 18.2 Å². The highest BCUT2D eigenvalue weighted by molar-refractivity contribution is 5.84. The Morgan fingerprint density at radius 1 is 0.958 bits per heavy atom. The molecule has 1 N–H and O–H groups in total. The Labute approximate surface area is 141 Å². The molecule has 122 valence electrons. The Hall–Kier alpha value is -2.68. The van der Waals surface area contributed by atoms with Crippen LogP contribution in [0.25, 0.3) is 10.8 Å². The van der Waals surface area contributed by atoms with Gasteiger partial charge in [0.25, 0.3) is 0 Å². The predicted octanol–water partition coefficient (Wildman–Crippen LogP) is 4.57. The number of halogens is 1. The van der Waals surface area contributed by atoms with Crippen LogP contribution in [-0.4, -0.2) is 5.91 Å². The molecule has 0 aliphatic carbocycles. The number of carbonyl (C=O) groups is 1. The minimum Gasteiger partial charge on any atom is -0.347 e. The molecule has 0 aromatic heterocycles. The van der Waals surface area contributed by atoms with Crippen LogP contribution >= 0.6 is 0 Å². The van der Waals surface area contributed by atoms with E-state index < -0.39 is 5.54 Å². The Morgan fingerprint density at radius 2 is 1.62 bits per heavy atom. The van der Waals surface area contributed by atoms with Gasteiger partial charge in [-0.25, -0.2) is 4.39 Å². The van der Waals surface area contributed by atoms with Gasteiger partial charge in [-0.05, 0) is 47.9 Å². The fraction of sp³-hybridized carbons (Fsp3) is 0.190. The Kier molecular flexibility index (Phi) is 4.34. The zero-order chi connectivity index (χ0) is 17.2. The Morgan fingerprint density at radius 3 is 2.38 bits per heavy atom. The van der Waals surface area contributed by atoms with Crippen molar-refractivity contribution in [2.75, 3.05) is 0 Å². The molecule has 0 radical (unpaired) electrons. The summed E-state index contributed by atoms with van der Waals surface area (Å²) < 4.78 is 13.7. The van der Waals surface area contributed by atoms with Crippen molar-refractivity contribution in [2.24, 2.45) is 0 Å². The zero-order valence-electron chi connectivity index (χ0n) is 13.8. The molecule has 0 saturated heterocycles. The van der Waals surface area contributed by atoms with E-state index in [1.165, 1.54) is 6.07 Å². The second-order valence-electron chi connectivity index (χ2n) is 6.50. The van der Waals surface area contributed by atoms with Crippen molar-refractivity contribution in [2.45, 2.75) is 25.8 Å². The fourth-order valence-electron chi connectivity index (χ4n) is 2.86. The average Bonchev–Trinajstić information content (AvgIpc) is 2.56. The third-order valence-corrected chi connectivity index (χ3v) is 4.23. The summed E-state index contributed by atoms with van der Waals surface area (Å²) in [5.74, 6) is -0.547. The second-order valence-corrected chi connectivity index (χ2v) is 6.50. The van der Waals surface area contributed by atoms with Gasteiger partial charge in [0.15, 0.2) is 0 Å². The maximum atomic E-state index is 13.7. The van der Waals surface area contributed by atoms with Gasteiger partial charge in [0.1, 0.15) is 5.82 Å². The van der Waals surface area contributed by atoms with Crippen molar-refractivity contribution in [3.05, 3.63) is 83.7 Å². The van der Waals surface area contributed by atoms with E-state index in [0.717, 1.165) is 16.3 Å². The third-order valence-electron chi connectivity index (χ3n) is 4.23. The molecule has 2 nitrogen and oxygen atoms in total. The van der Waals surface area contributed by atoms with Crippen LogP contribution in [-0.2, 0) is 16.8 Å². The minimum atomic E-state index is -0.535. The lowest BCUT2D eigenvalue weighted by atomic mass is 9.91. The molecule has 0 heterocycles.